The minimum Gasteiger partial charge on any atom is -0.508 e. The molecule has 0 saturated carbocycles. The van der Waals surface area contributed by atoms with Crippen molar-refractivity contribution in [2.75, 3.05) is 5.43 Å². The summed E-state index contributed by atoms with van der Waals surface area (Å²) in [6, 6.07) is 7.54. The lowest BCUT2D eigenvalue weighted by Gasteiger charge is -2.08. The van der Waals surface area contributed by atoms with Crippen LogP contribution in [0.5, 0.6) is 5.75 Å². The van der Waals surface area contributed by atoms with E-state index < -0.39 is 27.2 Å². The molecule has 3 N–H and O–H groups in total. The first-order valence-electron chi connectivity index (χ1n) is 9.01. The predicted molar refractivity (Wildman–Crippen MR) is 113 cm³/mol. The number of carboxylic acid groups (broad SMARTS) is 1. The van der Waals surface area contributed by atoms with Crippen LogP contribution in [0.2, 0.25) is 0 Å². The van der Waals surface area contributed by atoms with E-state index in [0.717, 1.165) is 23.8 Å². The fraction of sp³-hybridized carbons (Fsp3) is 0.200. The molecule has 0 aliphatic heterocycles. The maximum absolute atomic E-state index is 11.6. The minimum atomic E-state index is -1.35. The van der Waals surface area contributed by atoms with Crippen molar-refractivity contribution in [3.05, 3.63) is 79.4 Å². The van der Waals surface area contributed by atoms with Crippen LogP contribution >= 0.6 is 0 Å². The summed E-state index contributed by atoms with van der Waals surface area (Å²) in [5.41, 5.74) is 2.93. The van der Waals surface area contributed by atoms with Crippen molar-refractivity contribution < 1.29 is 24.9 Å². The lowest BCUT2D eigenvalue weighted by atomic mass is 10.0. The van der Waals surface area contributed by atoms with Crippen molar-refractivity contribution in [3.8, 4) is 5.75 Å². The molecule has 2 aromatic rings. The van der Waals surface area contributed by atoms with Crippen molar-refractivity contribution in [2.24, 2.45) is 5.10 Å². The number of anilines is 1. The van der Waals surface area contributed by atoms with E-state index in [1.54, 1.807) is 12.1 Å². The van der Waals surface area contributed by atoms with Crippen LogP contribution in [-0.4, -0.2) is 31.7 Å². The zero-order valence-electron chi connectivity index (χ0n) is 16.7. The number of phenolic OH excluding ortho intramolecular Hbond substituents is 1. The van der Waals surface area contributed by atoms with E-state index in [0.29, 0.717) is 17.5 Å². The second kappa shape index (κ2) is 9.96. The first-order chi connectivity index (χ1) is 14.6. The maximum Gasteiger partial charge on any atom is 0.352 e. The van der Waals surface area contributed by atoms with E-state index in [9.17, 15) is 35.2 Å². The maximum atomic E-state index is 11.6. The van der Waals surface area contributed by atoms with E-state index in [-0.39, 0.29) is 23.6 Å². The molecular weight excluding hydrogens is 408 g/mol. The second-order valence-electron chi connectivity index (χ2n) is 6.82. The molecule has 11 nitrogen and oxygen atoms in total. The molecule has 0 atom stereocenters. The van der Waals surface area contributed by atoms with Crippen LogP contribution in [0.3, 0.4) is 0 Å². The van der Waals surface area contributed by atoms with Gasteiger partial charge in [-0.2, -0.15) is 5.10 Å². The second-order valence-corrected chi connectivity index (χ2v) is 6.82. The van der Waals surface area contributed by atoms with E-state index in [1.165, 1.54) is 6.07 Å². The van der Waals surface area contributed by atoms with Gasteiger partial charge in [0.15, 0.2) is 0 Å². The minimum absolute atomic E-state index is 0.0784. The molecule has 0 aromatic heterocycles. The van der Waals surface area contributed by atoms with E-state index in [4.69, 9.17) is 0 Å². The number of hydrogen-bond acceptors (Lipinski definition) is 8. The highest BCUT2D eigenvalue weighted by Crippen LogP contribution is 2.29. The summed E-state index contributed by atoms with van der Waals surface area (Å²) < 4.78 is 0. The number of phenols is 1. The third-order valence-corrected chi connectivity index (χ3v) is 4.19. The number of benzene rings is 2. The standard InChI is InChI=1S/C20H20N4O7/c1-12(2)3-5-14-9-13(4-8-19(14)25)10-17(20(26)27)22-21-16-7-6-15(23(28)29)11-18(16)24(30)31/h3-4,6-9,11,21,25H,5,10H2,1-2H3,(H,26,27)/b22-17-. The van der Waals surface area contributed by atoms with Gasteiger partial charge in [-0.15, -0.1) is 0 Å². The third-order valence-electron chi connectivity index (χ3n) is 4.19. The Morgan fingerprint density at radius 2 is 1.84 bits per heavy atom. The fourth-order valence-corrected chi connectivity index (χ4v) is 2.59. The van der Waals surface area contributed by atoms with Gasteiger partial charge in [-0.3, -0.25) is 25.7 Å². The summed E-state index contributed by atoms with van der Waals surface area (Å²) in [4.78, 5) is 32.0. The number of nitro benzene ring substituents is 2. The van der Waals surface area contributed by atoms with Gasteiger partial charge < -0.3 is 10.2 Å². The number of rotatable bonds is 9. The van der Waals surface area contributed by atoms with Gasteiger partial charge in [0.1, 0.15) is 17.1 Å². The van der Waals surface area contributed by atoms with Crippen molar-refractivity contribution in [1.82, 2.24) is 0 Å². The summed E-state index contributed by atoms with van der Waals surface area (Å²) >= 11 is 0. The molecular formula is C20H20N4O7. The molecule has 2 rings (SSSR count). The van der Waals surface area contributed by atoms with Gasteiger partial charge in [0.25, 0.3) is 5.69 Å². The van der Waals surface area contributed by atoms with Gasteiger partial charge in [0.2, 0.25) is 0 Å². The van der Waals surface area contributed by atoms with Gasteiger partial charge >= 0.3 is 11.7 Å². The van der Waals surface area contributed by atoms with Crippen molar-refractivity contribution >= 4 is 28.7 Å². The predicted octanol–water partition coefficient (Wildman–Crippen LogP) is 3.81. The number of non-ortho nitro benzene ring substituents is 1. The van der Waals surface area contributed by atoms with Crippen LogP contribution in [0.1, 0.15) is 25.0 Å². The Bertz CT molecular complexity index is 1090. The highest BCUT2D eigenvalue weighted by molar-refractivity contribution is 6.36. The van der Waals surface area contributed by atoms with Gasteiger partial charge in [0, 0.05) is 12.5 Å². The number of nitro groups is 2. The molecule has 0 unspecified atom stereocenters. The summed E-state index contributed by atoms with van der Waals surface area (Å²) in [7, 11) is 0. The smallest absolute Gasteiger partial charge is 0.352 e. The highest BCUT2D eigenvalue weighted by Gasteiger charge is 2.20. The Balaban J connectivity index is 2.31. The zero-order valence-corrected chi connectivity index (χ0v) is 16.7. The van der Waals surface area contributed by atoms with Crippen molar-refractivity contribution in [1.29, 1.82) is 0 Å². The number of carbonyl (C=O) groups is 1. The molecule has 31 heavy (non-hydrogen) atoms. The van der Waals surface area contributed by atoms with Gasteiger partial charge in [-0.25, -0.2) is 4.79 Å². The number of carboxylic acids is 1. The van der Waals surface area contributed by atoms with E-state index in [2.05, 4.69) is 10.5 Å². The average Bonchev–Trinajstić information content (AvgIpc) is 2.70. The Hall–Kier alpha value is -4.28. The van der Waals surface area contributed by atoms with Gasteiger partial charge in [-0.1, -0.05) is 23.8 Å². The number of aliphatic carboxylic acids is 1. The molecule has 0 spiro atoms. The molecule has 11 heteroatoms. The lowest BCUT2D eigenvalue weighted by Crippen LogP contribution is -2.18. The molecule has 0 aliphatic carbocycles. The van der Waals surface area contributed by atoms with Crippen LogP contribution in [0, 0.1) is 20.2 Å². The van der Waals surface area contributed by atoms with Crippen LogP contribution < -0.4 is 5.43 Å². The Morgan fingerprint density at radius 1 is 1.13 bits per heavy atom. The SMILES string of the molecule is CC(C)=CCc1cc(C/C(=N/Nc2ccc([N+](=O)[O-])cc2[N+](=O)[O-])C(=O)O)ccc1O. The van der Waals surface area contributed by atoms with E-state index >= 15 is 0 Å². The van der Waals surface area contributed by atoms with Crippen molar-refractivity contribution in [3.63, 3.8) is 0 Å². The van der Waals surface area contributed by atoms with E-state index in [1.807, 2.05) is 19.9 Å². The first kappa shape index (κ1) is 23.0. The molecule has 0 bridgehead atoms. The average molecular weight is 428 g/mol. The van der Waals surface area contributed by atoms with Crippen molar-refractivity contribution in [2.45, 2.75) is 26.7 Å². The molecule has 0 aliphatic rings. The molecule has 2 aromatic carbocycles. The molecule has 162 valence electrons. The number of nitrogens with zero attached hydrogens (tertiary/aromatic N) is 3. The normalized spacial score (nSPS) is 11.0. The quantitative estimate of drug-likeness (QED) is 0.234. The van der Waals surface area contributed by atoms with Gasteiger partial charge in [0.05, 0.1) is 15.9 Å². The van der Waals surface area contributed by atoms with Gasteiger partial charge in [-0.05, 0) is 43.5 Å². The Morgan fingerprint density at radius 3 is 2.42 bits per heavy atom. The summed E-state index contributed by atoms with van der Waals surface area (Å²) in [6.07, 6.45) is 2.26. The fourth-order valence-electron chi connectivity index (χ4n) is 2.59. The first-order valence-corrected chi connectivity index (χ1v) is 9.01. The van der Waals surface area contributed by atoms with Crippen LogP contribution in [0.15, 0.2) is 53.1 Å². The number of nitrogens with one attached hydrogen (secondary N) is 1. The molecule has 0 fully saturated rings. The van der Waals surface area contributed by atoms with Crippen LogP contribution in [0.25, 0.3) is 0 Å². The third kappa shape index (κ3) is 6.35. The van der Waals surface area contributed by atoms with Crippen LogP contribution in [0.4, 0.5) is 17.1 Å². The monoisotopic (exact) mass is 428 g/mol. The van der Waals surface area contributed by atoms with Crippen LogP contribution in [-0.2, 0) is 17.6 Å². The number of hydrogen-bond donors (Lipinski definition) is 3. The largest absolute Gasteiger partial charge is 0.508 e. The Kier molecular flexibility index (Phi) is 7.39. The number of allylic oxidation sites excluding steroid dienone is 2. The summed E-state index contributed by atoms with van der Waals surface area (Å²) in [5.74, 6) is -1.27. The molecule has 0 heterocycles. The lowest BCUT2D eigenvalue weighted by molar-refractivity contribution is -0.393. The molecule has 0 amide bonds. The summed E-state index contributed by atoms with van der Waals surface area (Å²) in [5, 5.41) is 45.2. The summed E-state index contributed by atoms with van der Waals surface area (Å²) in [6.45, 7) is 3.83. The zero-order chi connectivity index (χ0) is 23.1. The Labute approximate surface area is 176 Å². The molecule has 0 radical (unpaired) electrons. The molecule has 0 saturated heterocycles. The number of hydrazone groups is 1. The topological polar surface area (TPSA) is 168 Å². The number of aromatic hydroxyl groups is 1. The highest BCUT2D eigenvalue weighted by atomic mass is 16.6.